The molecule has 0 bridgehead atoms. The van der Waals surface area contributed by atoms with Crippen LogP contribution in [-0.4, -0.2) is 59.5 Å². The summed E-state index contributed by atoms with van der Waals surface area (Å²) in [6.45, 7) is 1.21. The van der Waals surface area contributed by atoms with E-state index in [9.17, 15) is 41.9 Å². The summed E-state index contributed by atoms with van der Waals surface area (Å²) in [5.41, 5.74) is 8.03. The van der Waals surface area contributed by atoms with Gasteiger partial charge in [-0.3, -0.25) is 28.8 Å². The molecule has 0 fully saturated rings. The lowest BCUT2D eigenvalue weighted by molar-refractivity contribution is -0.142. The minimum Gasteiger partial charge on any atom is -0.368 e. The lowest BCUT2D eigenvalue weighted by Crippen LogP contribution is -2.57. The van der Waals surface area contributed by atoms with Crippen molar-refractivity contribution in [3.05, 3.63) is 167 Å². The van der Waals surface area contributed by atoms with Gasteiger partial charge in [-0.25, -0.2) is 0 Å². The predicted octanol–water partition coefficient (Wildman–Crippen LogP) is 4.66. The SMILES string of the molecule is CC(NC(=O)C(Cc1ccccc1)NC(=O)Cc1ccccc1)C(=O)C(=O)NC(Cc1ccccc1C(F)(F)F)C(=O)NC(Cc1ccc(-c2ccccc2)cc1)C(N)=O. The summed E-state index contributed by atoms with van der Waals surface area (Å²) in [4.78, 5) is 79.9. The third-order valence-corrected chi connectivity index (χ3v) is 9.65. The van der Waals surface area contributed by atoms with Gasteiger partial charge in [-0.15, -0.1) is 0 Å². The number of benzene rings is 5. The Morgan fingerprint density at radius 2 is 1.02 bits per heavy atom. The predicted molar refractivity (Wildman–Crippen MR) is 219 cm³/mol. The summed E-state index contributed by atoms with van der Waals surface area (Å²) < 4.78 is 42.1. The molecule has 0 saturated carbocycles. The molecule has 5 aromatic carbocycles. The Kier molecular flexibility index (Phi) is 15.1. The van der Waals surface area contributed by atoms with Crippen LogP contribution in [0.15, 0.2) is 140 Å². The molecule has 5 amide bonds. The van der Waals surface area contributed by atoms with Crippen molar-refractivity contribution in [2.24, 2.45) is 5.73 Å². The molecule has 0 saturated heterocycles. The molecule has 11 nitrogen and oxygen atoms in total. The number of nitrogens with one attached hydrogen (secondary N) is 4. The van der Waals surface area contributed by atoms with Crippen LogP contribution in [0.3, 0.4) is 0 Å². The number of carbonyl (C=O) groups excluding carboxylic acids is 6. The number of halogens is 3. The Hall–Kier alpha value is -7.09. The van der Waals surface area contributed by atoms with Crippen LogP contribution in [0, 0.1) is 0 Å². The Morgan fingerprint density at radius 3 is 1.62 bits per heavy atom. The van der Waals surface area contributed by atoms with Crippen molar-refractivity contribution in [2.75, 3.05) is 0 Å². The Balaban J connectivity index is 1.31. The summed E-state index contributed by atoms with van der Waals surface area (Å²) in [5.74, 6) is -5.93. The average Bonchev–Trinajstić information content (AvgIpc) is 3.23. The highest BCUT2D eigenvalue weighted by Gasteiger charge is 2.36. The molecular formula is C46H44F3N5O6. The van der Waals surface area contributed by atoms with Crippen LogP contribution in [0.1, 0.15) is 34.7 Å². The van der Waals surface area contributed by atoms with Gasteiger partial charge in [-0.2, -0.15) is 13.2 Å². The van der Waals surface area contributed by atoms with Gasteiger partial charge in [0.1, 0.15) is 18.1 Å². The number of amides is 5. The summed E-state index contributed by atoms with van der Waals surface area (Å²) in [6, 6.07) is 32.8. The van der Waals surface area contributed by atoms with Crippen LogP contribution in [0.25, 0.3) is 11.1 Å². The highest BCUT2D eigenvalue weighted by Crippen LogP contribution is 2.32. The fraction of sp³-hybridized carbons (Fsp3) is 0.217. The van der Waals surface area contributed by atoms with Gasteiger partial charge in [0, 0.05) is 19.3 Å². The van der Waals surface area contributed by atoms with Crippen LogP contribution >= 0.6 is 0 Å². The van der Waals surface area contributed by atoms with Crippen molar-refractivity contribution in [3.63, 3.8) is 0 Å². The first-order valence-corrected chi connectivity index (χ1v) is 19.1. The normalized spacial score (nSPS) is 13.1. The highest BCUT2D eigenvalue weighted by molar-refractivity contribution is 6.38. The van der Waals surface area contributed by atoms with E-state index in [1.54, 1.807) is 72.8 Å². The van der Waals surface area contributed by atoms with E-state index < -0.39 is 77.6 Å². The molecule has 0 aliphatic rings. The van der Waals surface area contributed by atoms with Gasteiger partial charge >= 0.3 is 6.18 Å². The molecule has 0 aliphatic carbocycles. The van der Waals surface area contributed by atoms with Crippen LogP contribution in [0.5, 0.6) is 0 Å². The minimum atomic E-state index is -4.83. The molecule has 14 heteroatoms. The maximum atomic E-state index is 14.0. The number of primary amides is 1. The van der Waals surface area contributed by atoms with Crippen LogP contribution < -0.4 is 27.0 Å². The first kappa shape index (κ1) is 44.0. The molecule has 5 aromatic rings. The Morgan fingerprint density at radius 1 is 0.533 bits per heavy atom. The fourth-order valence-corrected chi connectivity index (χ4v) is 6.49. The molecule has 6 N–H and O–H groups in total. The summed E-state index contributed by atoms with van der Waals surface area (Å²) in [5, 5.41) is 9.79. The number of hydrogen-bond acceptors (Lipinski definition) is 6. The molecule has 60 heavy (non-hydrogen) atoms. The van der Waals surface area contributed by atoms with Crippen LogP contribution in [0.2, 0.25) is 0 Å². The number of hydrogen-bond donors (Lipinski definition) is 5. The maximum absolute atomic E-state index is 14.0. The molecule has 0 aromatic heterocycles. The van der Waals surface area contributed by atoms with Gasteiger partial charge in [0.05, 0.1) is 18.0 Å². The monoisotopic (exact) mass is 819 g/mol. The molecular weight excluding hydrogens is 776 g/mol. The molecule has 4 atom stereocenters. The maximum Gasteiger partial charge on any atom is 0.416 e. The summed E-state index contributed by atoms with van der Waals surface area (Å²) in [7, 11) is 0. The second-order valence-electron chi connectivity index (χ2n) is 14.2. The number of rotatable bonds is 18. The van der Waals surface area contributed by atoms with Gasteiger partial charge in [0.15, 0.2) is 0 Å². The lowest BCUT2D eigenvalue weighted by Gasteiger charge is -2.24. The molecule has 0 aliphatic heterocycles. The molecule has 0 heterocycles. The van der Waals surface area contributed by atoms with E-state index in [4.69, 9.17) is 5.73 Å². The van der Waals surface area contributed by atoms with E-state index in [2.05, 4.69) is 21.3 Å². The number of alkyl halides is 3. The van der Waals surface area contributed by atoms with Gasteiger partial charge in [-0.05, 0) is 46.4 Å². The van der Waals surface area contributed by atoms with Gasteiger partial charge in [-0.1, -0.05) is 133 Å². The third-order valence-electron chi connectivity index (χ3n) is 9.65. The first-order chi connectivity index (χ1) is 28.7. The first-order valence-electron chi connectivity index (χ1n) is 19.1. The Labute approximate surface area is 345 Å². The Bertz CT molecular complexity index is 2270. The standard InChI is InChI=1S/C46H44F3N5O6/c1-29(51-43(58)38(26-30-13-5-2-6-14-30)52-40(55)27-31-15-7-3-8-16-31)41(56)45(60)54-39(28-35-19-11-12-20-36(35)46(47,48)49)44(59)53-37(42(50)57)25-32-21-23-34(24-22-32)33-17-9-4-10-18-33/h2-24,29,37-39H,25-28H2,1H3,(H2,50,57)(H,51,58)(H,52,55)(H,53,59)(H,54,60). The van der Waals surface area contributed by atoms with Gasteiger partial charge in [0.25, 0.3) is 5.91 Å². The van der Waals surface area contributed by atoms with Gasteiger partial charge < -0.3 is 27.0 Å². The molecule has 0 spiro atoms. The number of carbonyl (C=O) groups is 6. The van der Waals surface area contributed by atoms with Crippen molar-refractivity contribution in [1.29, 1.82) is 0 Å². The second-order valence-corrected chi connectivity index (χ2v) is 14.2. The smallest absolute Gasteiger partial charge is 0.368 e. The van der Waals surface area contributed by atoms with Crippen molar-refractivity contribution in [3.8, 4) is 11.1 Å². The molecule has 5 rings (SSSR count). The van der Waals surface area contributed by atoms with Crippen molar-refractivity contribution in [2.45, 2.75) is 63.0 Å². The van der Waals surface area contributed by atoms with Crippen molar-refractivity contribution in [1.82, 2.24) is 21.3 Å². The fourth-order valence-electron chi connectivity index (χ4n) is 6.49. The van der Waals surface area contributed by atoms with E-state index in [0.717, 1.165) is 29.3 Å². The zero-order valence-electron chi connectivity index (χ0n) is 32.6. The number of Topliss-reactive ketones (excluding diaryl/α,β-unsaturated/α-hetero) is 1. The number of ketones is 1. The van der Waals surface area contributed by atoms with Crippen LogP contribution in [0.4, 0.5) is 13.2 Å². The topological polar surface area (TPSA) is 177 Å². The van der Waals surface area contributed by atoms with Crippen LogP contribution in [-0.2, 0) is 60.6 Å². The lowest BCUT2D eigenvalue weighted by atomic mass is 9.97. The quantitative estimate of drug-likeness (QED) is 0.0804. The second kappa shape index (κ2) is 20.6. The zero-order valence-corrected chi connectivity index (χ0v) is 32.6. The van der Waals surface area contributed by atoms with E-state index in [0.29, 0.717) is 16.7 Å². The summed E-state index contributed by atoms with van der Waals surface area (Å²) in [6.07, 6.45) is -5.65. The number of nitrogens with two attached hydrogens (primary N) is 1. The minimum absolute atomic E-state index is 0.0334. The molecule has 4 unspecified atom stereocenters. The van der Waals surface area contributed by atoms with Gasteiger partial charge in [0.2, 0.25) is 29.4 Å². The van der Waals surface area contributed by atoms with E-state index in [1.165, 1.54) is 13.0 Å². The highest BCUT2D eigenvalue weighted by atomic mass is 19.4. The van der Waals surface area contributed by atoms with Crippen molar-refractivity contribution >= 4 is 35.3 Å². The zero-order chi connectivity index (χ0) is 43.2. The average molecular weight is 820 g/mol. The van der Waals surface area contributed by atoms with E-state index in [1.807, 2.05) is 42.5 Å². The largest absolute Gasteiger partial charge is 0.416 e. The summed E-state index contributed by atoms with van der Waals surface area (Å²) >= 11 is 0. The molecule has 0 radical (unpaired) electrons. The third kappa shape index (κ3) is 12.7. The van der Waals surface area contributed by atoms with E-state index >= 15 is 0 Å². The molecule has 310 valence electrons. The van der Waals surface area contributed by atoms with E-state index in [-0.39, 0.29) is 24.8 Å². The van der Waals surface area contributed by atoms with Crippen molar-refractivity contribution < 1.29 is 41.9 Å².